The molecule has 6 heteroatoms. The van der Waals surface area contributed by atoms with Gasteiger partial charge in [-0.15, -0.1) is 0 Å². The van der Waals surface area contributed by atoms with Gasteiger partial charge < -0.3 is 15.7 Å². The molecule has 18 heavy (non-hydrogen) atoms. The molecule has 3 N–H and O–H groups in total. The number of nitrogens with zero attached hydrogens (tertiary/aromatic N) is 1. The Morgan fingerprint density at radius 1 is 1.33 bits per heavy atom. The van der Waals surface area contributed by atoms with Crippen molar-refractivity contribution in [3.63, 3.8) is 0 Å². The van der Waals surface area contributed by atoms with Crippen LogP contribution in [0.1, 0.15) is 18.5 Å². The number of alkyl halides is 3. The zero-order chi connectivity index (χ0) is 13.8. The second kappa shape index (κ2) is 6.06. The molecule has 0 spiro atoms. The van der Waals surface area contributed by atoms with E-state index in [1.807, 2.05) is 0 Å². The molecule has 0 amide bonds. The third-order valence-corrected chi connectivity index (χ3v) is 2.51. The van der Waals surface area contributed by atoms with Crippen LogP contribution in [0, 0.1) is 0 Å². The predicted molar refractivity (Wildman–Crippen MR) is 64.4 cm³/mol. The molecule has 0 aliphatic rings. The van der Waals surface area contributed by atoms with Crippen LogP contribution < -0.4 is 10.6 Å². The summed E-state index contributed by atoms with van der Waals surface area (Å²) < 4.78 is 37.5. The molecule has 0 fully saturated rings. The zero-order valence-corrected chi connectivity index (χ0v) is 10.1. The molecule has 0 aliphatic carbocycles. The average molecular weight is 262 g/mol. The Bertz CT molecular complexity index is 380. The number of para-hydroxylation sites is 1. The Hall–Kier alpha value is -1.27. The van der Waals surface area contributed by atoms with Crippen molar-refractivity contribution in [3.05, 3.63) is 29.8 Å². The van der Waals surface area contributed by atoms with Crippen molar-refractivity contribution in [2.24, 2.45) is 5.73 Å². The normalized spacial score (nSPS) is 13.4. The van der Waals surface area contributed by atoms with E-state index in [0.717, 1.165) is 4.90 Å². The Kier molecular flexibility index (Phi) is 4.98. The SMILES string of the molecule is C[C@@H](N)c1ccccc1N(CCO)CC(F)(F)F. The molecule has 102 valence electrons. The molecule has 1 rings (SSSR count). The minimum Gasteiger partial charge on any atom is -0.395 e. The second-order valence-corrected chi connectivity index (χ2v) is 4.11. The van der Waals surface area contributed by atoms with Crippen molar-refractivity contribution in [3.8, 4) is 0 Å². The molecule has 0 unspecified atom stereocenters. The lowest BCUT2D eigenvalue weighted by molar-refractivity contribution is -0.119. The van der Waals surface area contributed by atoms with Gasteiger partial charge in [0, 0.05) is 18.3 Å². The zero-order valence-electron chi connectivity index (χ0n) is 10.1. The lowest BCUT2D eigenvalue weighted by atomic mass is 10.1. The maximum atomic E-state index is 12.5. The van der Waals surface area contributed by atoms with Gasteiger partial charge in [-0.1, -0.05) is 18.2 Å². The maximum Gasteiger partial charge on any atom is 0.405 e. The van der Waals surface area contributed by atoms with Gasteiger partial charge in [-0.05, 0) is 18.6 Å². The fourth-order valence-electron chi connectivity index (χ4n) is 1.78. The van der Waals surface area contributed by atoms with Crippen LogP contribution in [-0.4, -0.2) is 31.0 Å². The highest BCUT2D eigenvalue weighted by atomic mass is 19.4. The summed E-state index contributed by atoms with van der Waals surface area (Å²) in [6.07, 6.45) is -4.32. The minimum atomic E-state index is -4.32. The maximum absolute atomic E-state index is 12.5. The van der Waals surface area contributed by atoms with Gasteiger partial charge >= 0.3 is 6.18 Å². The molecular formula is C12H17F3N2O. The van der Waals surface area contributed by atoms with Gasteiger partial charge in [0.1, 0.15) is 6.54 Å². The summed E-state index contributed by atoms with van der Waals surface area (Å²) >= 11 is 0. The van der Waals surface area contributed by atoms with Gasteiger partial charge in [0.25, 0.3) is 0 Å². The Morgan fingerprint density at radius 2 is 1.94 bits per heavy atom. The van der Waals surface area contributed by atoms with E-state index in [1.165, 1.54) is 0 Å². The number of aliphatic hydroxyl groups excluding tert-OH is 1. The molecule has 0 saturated heterocycles. The predicted octanol–water partition coefficient (Wildman–Crippen LogP) is 2.07. The van der Waals surface area contributed by atoms with Crippen LogP contribution in [0.2, 0.25) is 0 Å². The minimum absolute atomic E-state index is 0.0801. The summed E-state index contributed by atoms with van der Waals surface area (Å²) in [4.78, 5) is 1.10. The fraction of sp³-hybridized carbons (Fsp3) is 0.500. The molecule has 1 atom stereocenters. The number of nitrogens with two attached hydrogens (primary N) is 1. The molecule has 1 aromatic rings. The van der Waals surface area contributed by atoms with Crippen LogP contribution >= 0.6 is 0 Å². The average Bonchev–Trinajstić information content (AvgIpc) is 2.26. The van der Waals surface area contributed by atoms with Gasteiger partial charge in [0.2, 0.25) is 0 Å². The number of hydrogen-bond donors (Lipinski definition) is 2. The molecule has 0 aliphatic heterocycles. The molecule has 0 saturated carbocycles. The quantitative estimate of drug-likeness (QED) is 0.854. The smallest absolute Gasteiger partial charge is 0.395 e. The van der Waals surface area contributed by atoms with E-state index in [2.05, 4.69) is 0 Å². The highest BCUT2D eigenvalue weighted by Crippen LogP contribution is 2.27. The fourth-order valence-corrected chi connectivity index (χ4v) is 1.78. The number of anilines is 1. The van der Waals surface area contributed by atoms with E-state index < -0.39 is 12.7 Å². The van der Waals surface area contributed by atoms with E-state index >= 15 is 0 Å². The summed E-state index contributed by atoms with van der Waals surface area (Å²) in [5.74, 6) is 0. The van der Waals surface area contributed by atoms with Crippen LogP contribution in [0.5, 0.6) is 0 Å². The van der Waals surface area contributed by atoms with Gasteiger partial charge in [-0.2, -0.15) is 13.2 Å². The summed E-state index contributed by atoms with van der Waals surface area (Å²) in [5.41, 5.74) is 6.79. The molecule has 3 nitrogen and oxygen atoms in total. The summed E-state index contributed by atoms with van der Waals surface area (Å²) in [6, 6.07) is 6.30. The van der Waals surface area contributed by atoms with Gasteiger partial charge in [-0.25, -0.2) is 0 Å². The first-order valence-electron chi connectivity index (χ1n) is 5.62. The second-order valence-electron chi connectivity index (χ2n) is 4.11. The summed E-state index contributed by atoms with van der Waals surface area (Å²) in [5, 5.41) is 8.88. The first-order valence-corrected chi connectivity index (χ1v) is 5.62. The van der Waals surface area contributed by atoms with Gasteiger partial charge in [-0.3, -0.25) is 0 Å². The highest BCUT2D eigenvalue weighted by Gasteiger charge is 2.31. The van der Waals surface area contributed by atoms with Crippen molar-refractivity contribution >= 4 is 5.69 Å². The highest BCUT2D eigenvalue weighted by molar-refractivity contribution is 5.55. The summed E-state index contributed by atoms with van der Waals surface area (Å²) in [6.45, 7) is 0.188. The first kappa shape index (κ1) is 14.8. The summed E-state index contributed by atoms with van der Waals surface area (Å²) in [7, 11) is 0. The molecular weight excluding hydrogens is 245 g/mol. The Balaban J connectivity index is 3.05. The topological polar surface area (TPSA) is 49.5 Å². The number of aliphatic hydroxyl groups is 1. The first-order chi connectivity index (χ1) is 8.35. The van der Waals surface area contributed by atoms with Crippen LogP contribution in [0.25, 0.3) is 0 Å². The van der Waals surface area contributed by atoms with Crippen molar-refractivity contribution < 1.29 is 18.3 Å². The van der Waals surface area contributed by atoms with Crippen LogP contribution in [-0.2, 0) is 0 Å². The molecule has 0 bridgehead atoms. The number of hydrogen-bond acceptors (Lipinski definition) is 3. The van der Waals surface area contributed by atoms with E-state index in [0.29, 0.717) is 11.3 Å². The van der Waals surface area contributed by atoms with E-state index in [-0.39, 0.29) is 19.2 Å². The lowest BCUT2D eigenvalue weighted by Crippen LogP contribution is -2.37. The van der Waals surface area contributed by atoms with Crippen molar-refractivity contribution in [1.82, 2.24) is 0 Å². The lowest BCUT2D eigenvalue weighted by Gasteiger charge is -2.28. The van der Waals surface area contributed by atoms with Crippen LogP contribution in [0.15, 0.2) is 24.3 Å². The van der Waals surface area contributed by atoms with Crippen molar-refractivity contribution in [2.45, 2.75) is 19.1 Å². The van der Waals surface area contributed by atoms with Crippen LogP contribution in [0.4, 0.5) is 18.9 Å². The third-order valence-electron chi connectivity index (χ3n) is 2.51. The number of halogens is 3. The molecule has 1 aromatic carbocycles. The Morgan fingerprint density at radius 3 is 2.44 bits per heavy atom. The van der Waals surface area contributed by atoms with Gasteiger partial charge in [0.05, 0.1) is 6.61 Å². The number of benzene rings is 1. The largest absolute Gasteiger partial charge is 0.405 e. The number of rotatable bonds is 5. The Labute approximate surface area is 104 Å². The standard InChI is InChI=1S/C12H17F3N2O/c1-9(16)10-4-2-3-5-11(10)17(6-7-18)8-12(13,14)15/h2-5,9,18H,6-8,16H2,1H3/t9-/m1/s1. The molecule has 0 heterocycles. The van der Waals surface area contributed by atoms with Crippen molar-refractivity contribution in [2.75, 3.05) is 24.6 Å². The van der Waals surface area contributed by atoms with E-state index in [1.54, 1.807) is 31.2 Å². The molecule has 0 aromatic heterocycles. The van der Waals surface area contributed by atoms with Crippen molar-refractivity contribution in [1.29, 1.82) is 0 Å². The van der Waals surface area contributed by atoms with Crippen LogP contribution in [0.3, 0.4) is 0 Å². The van der Waals surface area contributed by atoms with E-state index in [9.17, 15) is 13.2 Å². The molecule has 0 radical (unpaired) electrons. The monoisotopic (exact) mass is 262 g/mol. The van der Waals surface area contributed by atoms with E-state index in [4.69, 9.17) is 10.8 Å². The third kappa shape index (κ3) is 4.19. The van der Waals surface area contributed by atoms with Gasteiger partial charge in [0.15, 0.2) is 0 Å².